The van der Waals surface area contributed by atoms with Crippen LogP contribution in [0.3, 0.4) is 0 Å². The first-order chi connectivity index (χ1) is 5.18. The van der Waals surface area contributed by atoms with Gasteiger partial charge in [0.15, 0.2) is 0 Å². The molecule has 0 radical (unpaired) electrons. The minimum absolute atomic E-state index is 0.579. The smallest absolute Gasteiger partial charge is 0.131 e. The number of anilines is 1. The first-order valence-electron chi connectivity index (χ1n) is 3.42. The van der Waals surface area contributed by atoms with Gasteiger partial charge in [-0.3, -0.25) is 0 Å². The van der Waals surface area contributed by atoms with E-state index in [1.54, 1.807) is 13.0 Å². The van der Waals surface area contributed by atoms with Gasteiger partial charge in [0.05, 0.1) is 0 Å². The second kappa shape index (κ2) is 3.30. The molecule has 2 N–H and O–H groups in total. The van der Waals surface area contributed by atoms with E-state index in [1.807, 2.05) is 6.92 Å². The van der Waals surface area contributed by atoms with Crippen molar-refractivity contribution in [3.05, 3.63) is 18.1 Å². The molecule has 0 amide bonds. The van der Waals surface area contributed by atoms with Crippen molar-refractivity contribution in [1.29, 1.82) is 0 Å². The molecular formula is C7H11N3O. The lowest BCUT2D eigenvalue weighted by Crippen LogP contribution is -2.14. The second-order valence-corrected chi connectivity index (χ2v) is 2.36. The molecule has 0 aliphatic rings. The number of aliphatic hydroxyl groups is 1. The summed E-state index contributed by atoms with van der Waals surface area (Å²) in [6.07, 6.45) is 0.879. The van der Waals surface area contributed by atoms with Gasteiger partial charge in [-0.05, 0) is 13.8 Å². The summed E-state index contributed by atoms with van der Waals surface area (Å²) >= 11 is 0. The van der Waals surface area contributed by atoms with E-state index < -0.39 is 6.23 Å². The lowest BCUT2D eigenvalue weighted by Gasteiger charge is -2.06. The van der Waals surface area contributed by atoms with Crippen LogP contribution in [0.4, 0.5) is 5.82 Å². The number of nitrogens with one attached hydrogen (secondary N) is 1. The third kappa shape index (κ3) is 2.51. The van der Waals surface area contributed by atoms with Crippen molar-refractivity contribution >= 4 is 5.82 Å². The first-order valence-corrected chi connectivity index (χ1v) is 3.42. The van der Waals surface area contributed by atoms with Crippen molar-refractivity contribution in [3.63, 3.8) is 0 Å². The van der Waals surface area contributed by atoms with Gasteiger partial charge in [-0.1, -0.05) is 0 Å². The van der Waals surface area contributed by atoms with Gasteiger partial charge in [0.1, 0.15) is 18.4 Å². The zero-order valence-electron chi connectivity index (χ0n) is 6.57. The molecule has 0 saturated carbocycles. The summed E-state index contributed by atoms with van der Waals surface area (Å²) in [6.45, 7) is 3.51. The molecule has 4 heteroatoms. The van der Waals surface area contributed by atoms with E-state index in [1.165, 1.54) is 6.33 Å². The Bertz CT molecular complexity index is 237. The van der Waals surface area contributed by atoms with Gasteiger partial charge in [0, 0.05) is 11.8 Å². The maximum absolute atomic E-state index is 8.93. The summed E-state index contributed by atoms with van der Waals surface area (Å²) < 4.78 is 0. The molecule has 1 heterocycles. The van der Waals surface area contributed by atoms with Crippen molar-refractivity contribution < 1.29 is 5.11 Å². The minimum atomic E-state index is -0.579. The predicted molar refractivity (Wildman–Crippen MR) is 42.1 cm³/mol. The van der Waals surface area contributed by atoms with Crippen molar-refractivity contribution in [2.75, 3.05) is 5.32 Å². The summed E-state index contributed by atoms with van der Waals surface area (Å²) in [5.41, 5.74) is 0.878. The fourth-order valence-electron chi connectivity index (χ4n) is 0.747. The molecule has 0 aromatic carbocycles. The minimum Gasteiger partial charge on any atom is -0.374 e. The number of aliphatic hydroxyl groups excluding tert-OH is 1. The van der Waals surface area contributed by atoms with E-state index in [9.17, 15) is 0 Å². The van der Waals surface area contributed by atoms with Gasteiger partial charge in [-0.25, -0.2) is 9.97 Å². The Morgan fingerprint density at radius 3 is 2.82 bits per heavy atom. The molecule has 0 bridgehead atoms. The summed E-state index contributed by atoms with van der Waals surface area (Å²) in [4.78, 5) is 7.81. The average Bonchev–Trinajstić information content (AvgIpc) is 1.85. The van der Waals surface area contributed by atoms with Gasteiger partial charge in [0.2, 0.25) is 0 Å². The maximum Gasteiger partial charge on any atom is 0.131 e. The normalized spacial score (nSPS) is 12.6. The van der Waals surface area contributed by atoms with Crippen LogP contribution in [0.1, 0.15) is 12.6 Å². The molecule has 0 aliphatic carbocycles. The lowest BCUT2D eigenvalue weighted by atomic mass is 10.4. The molecule has 0 saturated heterocycles. The number of hydrogen-bond donors (Lipinski definition) is 2. The van der Waals surface area contributed by atoms with Crippen LogP contribution in [0.15, 0.2) is 12.4 Å². The fourth-order valence-corrected chi connectivity index (χ4v) is 0.747. The van der Waals surface area contributed by atoms with Crippen LogP contribution in [0.5, 0.6) is 0 Å². The van der Waals surface area contributed by atoms with E-state index in [0.717, 1.165) is 5.69 Å². The van der Waals surface area contributed by atoms with Crippen LogP contribution in [-0.4, -0.2) is 21.3 Å². The SMILES string of the molecule is Cc1cc(NC(C)O)ncn1. The van der Waals surface area contributed by atoms with E-state index in [-0.39, 0.29) is 0 Å². The number of aryl methyl sites for hydroxylation is 1. The molecule has 0 aliphatic heterocycles. The number of rotatable bonds is 2. The molecule has 1 aromatic heterocycles. The molecular weight excluding hydrogens is 142 g/mol. The summed E-state index contributed by atoms with van der Waals surface area (Å²) in [5.74, 6) is 0.646. The van der Waals surface area contributed by atoms with Crippen LogP contribution in [-0.2, 0) is 0 Å². The van der Waals surface area contributed by atoms with Crippen LogP contribution in [0.25, 0.3) is 0 Å². The summed E-state index contributed by atoms with van der Waals surface area (Å²) in [5, 5.41) is 11.7. The van der Waals surface area contributed by atoms with Gasteiger partial charge >= 0.3 is 0 Å². The topological polar surface area (TPSA) is 58.0 Å². The Kier molecular flexibility index (Phi) is 2.38. The molecule has 11 heavy (non-hydrogen) atoms. The molecule has 0 spiro atoms. The van der Waals surface area contributed by atoms with E-state index >= 15 is 0 Å². The molecule has 1 rings (SSSR count). The standard InChI is InChI=1S/C7H11N3O/c1-5-3-7(9-4-8-5)10-6(2)11/h3-4,6,11H,1-2H3,(H,8,9,10). The van der Waals surface area contributed by atoms with Gasteiger partial charge in [-0.2, -0.15) is 0 Å². The Morgan fingerprint density at radius 2 is 2.27 bits per heavy atom. The zero-order valence-corrected chi connectivity index (χ0v) is 6.57. The van der Waals surface area contributed by atoms with E-state index in [0.29, 0.717) is 5.82 Å². The van der Waals surface area contributed by atoms with Crippen molar-refractivity contribution in [2.24, 2.45) is 0 Å². The van der Waals surface area contributed by atoms with Crippen molar-refractivity contribution in [2.45, 2.75) is 20.1 Å². The number of hydrogen-bond acceptors (Lipinski definition) is 4. The second-order valence-electron chi connectivity index (χ2n) is 2.36. The molecule has 4 nitrogen and oxygen atoms in total. The van der Waals surface area contributed by atoms with Gasteiger partial charge < -0.3 is 10.4 Å². The van der Waals surface area contributed by atoms with Crippen molar-refractivity contribution in [1.82, 2.24) is 9.97 Å². The lowest BCUT2D eigenvalue weighted by molar-refractivity contribution is 0.224. The predicted octanol–water partition coefficient (Wildman–Crippen LogP) is 0.535. The Morgan fingerprint density at radius 1 is 1.55 bits per heavy atom. The Hall–Kier alpha value is -1.16. The summed E-state index contributed by atoms with van der Waals surface area (Å²) in [6, 6.07) is 1.77. The Labute approximate surface area is 65.3 Å². The maximum atomic E-state index is 8.93. The molecule has 60 valence electrons. The number of aromatic nitrogens is 2. The highest BCUT2D eigenvalue weighted by molar-refractivity contribution is 5.34. The van der Waals surface area contributed by atoms with Gasteiger partial charge in [0.25, 0.3) is 0 Å². The van der Waals surface area contributed by atoms with Gasteiger partial charge in [-0.15, -0.1) is 0 Å². The summed E-state index contributed by atoms with van der Waals surface area (Å²) in [7, 11) is 0. The molecule has 1 unspecified atom stereocenters. The molecule has 1 aromatic rings. The van der Waals surface area contributed by atoms with Crippen LogP contribution >= 0.6 is 0 Å². The molecule has 1 atom stereocenters. The highest BCUT2D eigenvalue weighted by Gasteiger charge is 1.96. The third-order valence-corrected chi connectivity index (χ3v) is 1.16. The van der Waals surface area contributed by atoms with Crippen LogP contribution in [0.2, 0.25) is 0 Å². The van der Waals surface area contributed by atoms with Crippen molar-refractivity contribution in [3.8, 4) is 0 Å². The largest absolute Gasteiger partial charge is 0.374 e. The highest BCUT2D eigenvalue weighted by Crippen LogP contribution is 2.02. The van der Waals surface area contributed by atoms with Crippen LogP contribution in [0, 0.1) is 6.92 Å². The molecule has 0 fully saturated rings. The average molecular weight is 153 g/mol. The first kappa shape index (κ1) is 7.94. The van der Waals surface area contributed by atoms with E-state index in [2.05, 4.69) is 15.3 Å². The Balaban J connectivity index is 2.71. The monoisotopic (exact) mass is 153 g/mol. The number of nitrogens with zero attached hydrogens (tertiary/aromatic N) is 2. The fraction of sp³-hybridized carbons (Fsp3) is 0.429. The third-order valence-electron chi connectivity index (χ3n) is 1.16. The highest BCUT2D eigenvalue weighted by atomic mass is 16.3. The quantitative estimate of drug-likeness (QED) is 0.609. The zero-order chi connectivity index (χ0) is 8.27. The van der Waals surface area contributed by atoms with E-state index in [4.69, 9.17) is 5.11 Å². The van der Waals surface area contributed by atoms with Crippen LogP contribution < -0.4 is 5.32 Å².